The van der Waals surface area contributed by atoms with Crippen LogP contribution in [0.15, 0.2) is 23.1 Å². The van der Waals surface area contributed by atoms with Crippen LogP contribution in [0.5, 0.6) is 0 Å². The molecule has 3 nitrogen and oxygen atoms in total. The summed E-state index contributed by atoms with van der Waals surface area (Å²) in [6.45, 7) is 0. The van der Waals surface area contributed by atoms with Crippen molar-refractivity contribution in [3.05, 3.63) is 33.7 Å². The number of thioether (sulfide) groups is 1. The summed E-state index contributed by atoms with van der Waals surface area (Å²) >= 11 is 13.4. The predicted molar refractivity (Wildman–Crippen MR) is 108 cm³/mol. The van der Waals surface area contributed by atoms with Crippen LogP contribution >= 0.6 is 35.6 Å². The van der Waals surface area contributed by atoms with Gasteiger partial charge in [-0.05, 0) is 30.5 Å². The van der Waals surface area contributed by atoms with Crippen LogP contribution in [0.3, 0.4) is 0 Å². The quantitative estimate of drug-likeness (QED) is 0.547. The number of hydrogen-bond acceptors (Lipinski definition) is 4. The zero-order chi connectivity index (χ0) is 17.3. The van der Waals surface area contributed by atoms with Crippen LogP contribution in [0.25, 0.3) is 6.08 Å². The lowest BCUT2D eigenvalue weighted by Gasteiger charge is -2.29. The lowest BCUT2D eigenvalue weighted by molar-refractivity contribution is -0.124. The third-order valence-corrected chi connectivity index (χ3v) is 6.28. The Morgan fingerprint density at radius 1 is 1.29 bits per heavy atom. The summed E-state index contributed by atoms with van der Waals surface area (Å²) in [5, 5.41) is 0.658. The molecule has 1 amide bonds. The number of halogens is 1. The van der Waals surface area contributed by atoms with Gasteiger partial charge in [-0.1, -0.05) is 67.0 Å². The fourth-order valence-electron chi connectivity index (χ4n) is 3.27. The molecule has 0 aromatic heterocycles. The molecule has 0 bridgehead atoms. The van der Waals surface area contributed by atoms with E-state index >= 15 is 0 Å². The molecule has 128 valence electrons. The standard InChI is InChI=1S/C18H21ClN2OS2/c1-20(2)14-10-6-7-12(16(14)19)11-15-17(22)21(18(23)24-15)13-8-4-3-5-9-13/h6-7,10-11,13H,3-5,8-9H2,1-2H3. The summed E-state index contributed by atoms with van der Waals surface area (Å²) in [7, 11) is 3.90. The van der Waals surface area contributed by atoms with E-state index < -0.39 is 0 Å². The van der Waals surface area contributed by atoms with E-state index in [2.05, 4.69) is 0 Å². The first-order valence-corrected chi connectivity index (χ1v) is 9.82. The molecule has 0 atom stereocenters. The summed E-state index contributed by atoms with van der Waals surface area (Å²) in [5.41, 5.74) is 1.79. The number of anilines is 1. The van der Waals surface area contributed by atoms with Crippen LogP contribution in [-0.4, -0.2) is 35.3 Å². The highest BCUT2D eigenvalue weighted by atomic mass is 35.5. The average molecular weight is 381 g/mol. The molecule has 2 fully saturated rings. The summed E-state index contributed by atoms with van der Waals surface area (Å²) < 4.78 is 0.679. The van der Waals surface area contributed by atoms with E-state index in [4.69, 9.17) is 23.8 Å². The van der Waals surface area contributed by atoms with Crippen molar-refractivity contribution < 1.29 is 4.79 Å². The normalized spacial score (nSPS) is 21.0. The van der Waals surface area contributed by atoms with Crippen molar-refractivity contribution in [2.24, 2.45) is 0 Å². The maximum atomic E-state index is 12.8. The minimum absolute atomic E-state index is 0.0308. The fraction of sp³-hybridized carbons (Fsp3) is 0.444. The minimum Gasteiger partial charge on any atom is -0.376 e. The average Bonchev–Trinajstić information content (AvgIpc) is 2.84. The van der Waals surface area contributed by atoms with Crippen molar-refractivity contribution >= 4 is 57.6 Å². The Hall–Kier alpha value is -1.04. The largest absolute Gasteiger partial charge is 0.376 e. The van der Waals surface area contributed by atoms with E-state index in [1.165, 1.54) is 31.0 Å². The summed E-state index contributed by atoms with van der Waals surface area (Å²) in [6.07, 6.45) is 7.59. The maximum Gasteiger partial charge on any atom is 0.266 e. The van der Waals surface area contributed by atoms with Crippen LogP contribution in [0.2, 0.25) is 5.02 Å². The highest BCUT2D eigenvalue weighted by molar-refractivity contribution is 8.26. The second-order valence-electron chi connectivity index (χ2n) is 6.42. The number of nitrogens with zero attached hydrogens (tertiary/aromatic N) is 2. The Labute approximate surface area is 158 Å². The molecule has 6 heteroatoms. The van der Waals surface area contributed by atoms with Crippen molar-refractivity contribution in [2.45, 2.75) is 38.1 Å². The maximum absolute atomic E-state index is 12.8. The molecular formula is C18H21ClN2OS2. The van der Waals surface area contributed by atoms with Gasteiger partial charge in [0.15, 0.2) is 0 Å². The van der Waals surface area contributed by atoms with Crippen molar-refractivity contribution in [1.29, 1.82) is 0 Å². The molecule has 0 radical (unpaired) electrons. The smallest absolute Gasteiger partial charge is 0.266 e. The number of carbonyl (C=O) groups excluding carboxylic acids is 1. The second kappa shape index (κ2) is 7.46. The Bertz CT molecular complexity index is 696. The van der Waals surface area contributed by atoms with Gasteiger partial charge in [0.05, 0.1) is 15.6 Å². The molecule has 1 aromatic rings. The van der Waals surface area contributed by atoms with E-state index in [1.54, 1.807) is 0 Å². The molecule has 3 rings (SSSR count). The van der Waals surface area contributed by atoms with Crippen molar-refractivity contribution in [3.8, 4) is 0 Å². The number of carbonyl (C=O) groups is 1. The molecule has 1 saturated carbocycles. The topological polar surface area (TPSA) is 23.6 Å². The SMILES string of the molecule is CN(C)c1cccc(C=C2SC(=S)N(C3CCCCC3)C2=O)c1Cl. The van der Waals surface area contributed by atoms with Crippen molar-refractivity contribution in [2.75, 3.05) is 19.0 Å². The van der Waals surface area contributed by atoms with Gasteiger partial charge in [0.2, 0.25) is 0 Å². The summed E-state index contributed by atoms with van der Waals surface area (Å²) in [5.74, 6) is 0.0308. The molecule has 0 spiro atoms. The van der Waals surface area contributed by atoms with Gasteiger partial charge in [-0.25, -0.2) is 0 Å². The third-order valence-electron chi connectivity index (χ3n) is 4.54. The first kappa shape index (κ1) is 17.8. The molecule has 1 saturated heterocycles. The zero-order valence-corrected chi connectivity index (χ0v) is 16.3. The lowest BCUT2D eigenvalue weighted by Crippen LogP contribution is -2.39. The second-order valence-corrected chi connectivity index (χ2v) is 8.47. The van der Waals surface area contributed by atoms with Crippen LogP contribution in [0.1, 0.15) is 37.7 Å². The first-order chi connectivity index (χ1) is 11.5. The first-order valence-electron chi connectivity index (χ1n) is 8.22. The Morgan fingerprint density at radius 2 is 2.00 bits per heavy atom. The monoisotopic (exact) mass is 380 g/mol. The molecule has 0 unspecified atom stereocenters. The van der Waals surface area contributed by atoms with Crippen molar-refractivity contribution in [3.63, 3.8) is 0 Å². The number of thiocarbonyl (C=S) groups is 1. The molecule has 1 aliphatic carbocycles. The minimum atomic E-state index is 0.0308. The van der Waals surface area contributed by atoms with Crippen LogP contribution in [0.4, 0.5) is 5.69 Å². The van der Waals surface area contributed by atoms with Gasteiger partial charge in [0, 0.05) is 20.1 Å². The summed E-state index contributed by atoms with van der Waals surface area (Å²) in [4.78, 5) is 17.3. The van der Waals surface area contributed by atoms with Gasteiger partial charge < -0.3 is 4.90 Å². The molecular weight excluding hydrogens is 360 g/mol. The molecule has 1 aromatic carbocycles. The molecule has 0 N–H and O–H groups in total. The molecule has 2 aliphatic rings. The highest BCUT2D eigenvalue weighted by Crippen LogP contribution is 2.38. The van der Waals surface area contributed by atoms with Crippen LogP contribution in [-0.2, 0) is 4.79 Å². The van der Waals surface area contributed by atoms with Crippen molar-refractivity contribution in [1.82, 2.24) is 4.90 Å². The van der Waals surface area contributed by atoms with Gasteiger partial charge in [0.1, 0.15) is 4.32 Å². The third kappa shape index (κ3) is 3.48. The van der Waals surface area contributed by atoms with Gasteiger partial charge in [-0.15, -0.1) is 0 Å². The van der Waals surface area contributed by atoms with Gasteiger partial charge in [0.25, 0.3) is 5.91 Å². The van der Waals surface area contributed by atoms with E-state index in [0.717, 1.165) is 24.1 Å². The lowest BCUT2D eigenvalue weighted by atomic mass is 9.94. The fourth-order valence-corrected chi connectivity index (χ4v) is 5.01. The number of benzene rings is 1. The van der Waals surface area contributed by atoms with E-state index in [1.807, 2.05) is 48.2 Å². The predicted octanol–water partition coefficient (Wildman–Crippen LogP) is 4.94. The van der Waals surface area contributed by atoms with E-state index in [-0.39, 0.29) is 11.9 Å². The number of rotatable bonds is 3. The molecule has 1 aliphatic heterocycles. The summed E-state index contributed by atoms with van der Waals surface area (Å²) in [6, 6.07) is 6.12. The van der Waals surface area contributed by atoms with Gasteiger partial charge in [-0.2, -0.15) is 0 Å². The van der Waals surface area contributed by atoms with E-state index in [0.29, 0.717) is 14.2 Å². The molecule has 1 heterocycles. The number of hydrogen-bond donors (Lipinski definition) is 0. The van der Waals surface area contributed by atoms with Gasteiger partial charge in [-0.3, -0.25) is 9.69 Å². The zero-order valence-electron chi connectivity index (χ0n) is 13.9. The Morgan fingerprint density at radius 3 is 2.67 bits per heavy atom. The Kier molecular flexibility index (Phi) is 5.52. The highest BCUT2D eigenvalue weighted by Gasteiger charge is 2.37. The van der Waals surface area contributed by atoms with E-state index in [9.17, 15) is 4.79 Å². The molecule has 24 heavy (non-hydrogen) atoms. The van der Waals surface area contributed by atoms with Crippen LogP contribution in [0, 0.1) is 0 Å². The number of amides is 1. The Balaban J connectivity index is 1.88. The van der Waals surface area contributed by atoms with Gasteiger partial charge >= 0.3 is 0 Å². The van der Waals surface area contributed by atoms with Crippen LogP contribution < -0.4 is 4.90 Å².